The number of urea groups is 1. The predicted octanol–water partition coefficient (Wildman–Crippen LogP) is 1.35. The molecule has 4 heteroatoms. The molecule has 0 saturated heterocycles. The Kier molecular flexibility index (Phi) is 2.33. The molecule has 0 aliphatic carbocycles. The summed E-state index contributed by atoms with van der Waals surface area (Å²) in [6.45, 7) is 0.469. The fraction of sp³-hybridized carbons (Fsp3) is 0.182. The molecule has 0 saturated carbocycles. The Hall–Kier alpha value is -1.97. The number of benzene rings is 1. The van der Waals surface area contributed by atoms with Crippen LogP contribution in [0.5, 0.6) is 0 Å². The van der Waals surface area contributed by atoms with Gasteiger partial charge in [-0.3, -0.25) is 0 Å². The molecule has 2 amide bonds. The van der Waals surface area contributed by atoms with Crippen molar-refractivity contribution in [2.75, 3.05) is 0 Å². The zero-order valence-electron chi connectivity index (χ0n) is 8.53. The number of rotatable bonds is 2. The first-order chi connectivity index (χ1) is 7.18. The van der Waals surface area contributed by atoms with Crippen LogP contribution >= 0.6 is 0 Å². The molecule has 1 heterocycles. The van der Waals surface area contributed by atoms with Crippen LogP contribution in [-0.2, 0) is 13.6 Å². The molecule has 0 fully saturated rings. The van der Waals surface area contributed by atoms with Crippen LogP contribution < -0.4 is 11.1 Å². The quantitative estimate of drug-likeness (QED) is 0.760. The summed E-state index contributed by atoms with van der Waals surface area (Å²) in [5.41, 5.74) is 7.26. The van der Waals surface area contributed by atoms with Crippen molar-refractivity contribution in [1.82, 2.24) is 9.88 Å². The lowest BCUT2D eigenvalue weighted by atomic mass is 10.2. The second-order valence-electron chi connectivity index (χ2n) is 3.50. The van der Waals surface area contributed by atoms with Crippen molar-refractivity contribution in [2.45, 2.75) is 6.54 Å². The van der Waals surface area contributed by atoms with E-state index in [1.165, 1.54) is 0 Å². The Morgan fingerprint density at radius 2 is 2.20 bits per heavy atom. The second-order valence-corrected chi connectivity index (χ2v) is 3.50. The summed E-state index contributed by atoms with van der Waals surface area (Å²) in [4.78, 5) is 10.6. The summed E-state index contributed by atoms with van der Waals surface area (Å²) >= 11 is 0. The maximum Gasteiger partial charge on any atom is 0.312 e. The van der Waals surface area contributed by atoms with Gasteiger partial charge in [-0.25, -0.2) is 4.79 Å². The number of hydrogen-bond donors (Lipinski definition) is 2. The van der Waals surface area contributed by atoms with E-state index in [0.717, 1.165) is 16.5 Å². The summed E-state index contributed by atoms with van der Waals surface area (Å²) < 4.78 is 2.04. The highest BCUT2D eigenvalue weighted by molar-refractivity contribution is 5.84. The van der Waals surface area contributed by atoms with Gasteiger partial charge in [0.15, 0.2) is 0 Å². The number of para-hydroxylation sites is 1. The van der Waals surface area contributed by atoms with Crippen molar-refractivity contribution in [3.05, 3.63) is 36.0 Å². The largest absolute Gasteiger partial charge is 0.352 e. The fourth-order valence-corrected chi connectivity index (χ4v) is 1.75. The number of nitrogens with one attached hydrogen (secondary N) is 1. The molecule has 3 N–H and O–H groups in total. The molecule has 2 rings (SSSR count). The van der Waals surface area contributed by atoms with E-state index in [1.807, 2.05) is 42.1 Å². The van der Waals surface area contributed by atoms with E-state index in [2.05, 4.69) is 5.32 Å². The zero-order valence-corrected chi connectivity index (χ0v) is 8.53. The minimum absolute atomic E-state index is 0.469. The third-order valence-electron chi connectivity index (χ3n) is 2.43. The van der Waals surface area contributed by atoms with Crippen molar-refractivity contribution in [1.29, 1.82) is 0 Å². The monoisotopic (exact) mass is 203 g/mol. The molecule has 0 atom stereocenters. The first-order valence-electron chi connectivity index (χ1n) is 4.74. The average Bonchev–Trinajstić information content (AvgIpc) is 2.54. The first kappa shape index (κ1) is 9.58. The van der Waals surface area contributed by atoms with Crippen LogP contribution in [0.2, 0.25) is 0 Å². The Labute approximate surface area is 87.7 Å². The molecule has 1 aromatic carbocycles. The van der Waals surface area contributed by atoms with Crippen LogP contribution in [0.25, 0.3) is 10.9 Å². The van der Waals surface area contributed by atoms with Gasteiger partial charge in [0.2, 0.25) is 0 Å². The van der Waals surface area contributed by atoms with Crippen molar-refractivity contribution in [3.63, 3.8) is 0 Å². The highest BCUT2D eigenvalue weighted by Crippen LogP contribution is 2.19. The number of aromatic nitrogens is 1. The molecule has 78 valence electrons. The van der Waals surface area contributed by atoms with Crippen LogP contribution in [0, 0.1) is 0 Å². The Balaban J connectivity index is 2.39. The minimum Gasteiger partial charge on any atom is -0.352 e. The molecule has 0 bridgehead atoms. The normalized spacial score (nSPS) is 10.5. The summed E-state index contributed by atoms with van der Waals surface area (Å²) in [5.74, 6) is 0. The molecule has 0 aliphatic rings. The van der Waals surface area contributed by atoms with Crippen molar-refractivity contribution in [3.8, 4) is 0 Å². The summed E-state index contributed by atoms with van der Waals surface area (Å²) in [6, 6.07) is 7.56. The van der Waals surface area contributed by atoms with Gasteiger partial charge in [0, 0.05) is 30.7 Å². The van der Waals surface area contributed by atoms with Gasteiger partial charge in [0.05, 0.1) is 0 Å². The molecule has 4 nitrogen and oxygen atoms in total. The second kappa shape index (κ2) is 3.65. The SMILES string of the molecule is Cn1cc(CNC(N)=O)c2ccccc21. The smallest absolute Gasteiger partial charge is 0.312 e. The number of primary amides is 1. The average molecular weight is 203 g/mol. The van der Waals surface area contributed by atoms with Crippen LogP contribution in [0.1, 0.15) is 5.56 Å². The molecule has 0 radical (unpaired) electrons. The lowest BCUT2D eigenvalue weighted by Crippen LogP contribution is -2.28. The van der Waals surface area contributed by atoms with Crippen LogP contribution in [0.4, 0.5) is 4.79 Å². The van der Waals surface area contributed by atoms with E-state index in [0.29, 0.717) is 6.54 Å². The third-order valence-corrected chi connectivity index (χ3v) is 2.43. The molecule has 0 unspecified atom stereocenters. The van der Waals surface area contributed by atoms with E-state index in [-0.39, 0.29) is 0 Å². The standard InChI is InChI=1S/C11H13N3O/c1-14-7-8(6-13-11(12)15)9-4-2-3-5-10(9)14/h2-5,7H,6H2,1H3,(H3,12,13,15). The molecule has 0 spiro atoms. The van der Waals surface area contributed by atoms with Gasteiger partial charge in [-0.1, -0.05) is 18.2 Å². The van der Waals surface area contributed by atoms with E-state index in [1.54, 1.807) is 0 Å². The fourth-order valence-electron chi connectivity index (χ4n) is 1.75. The number of carbonyl (C=O) groups is 1. The highest BCUT2D eigenvalue weighted by Gasteiger charge is 2.05. The number of nitrogens with zero attached hydrogens (tertiary/aromatic N) is 1. The Bertz CT molecular complexity index is 502. The minimum atomic E-state index is -0.497. The predicted molar refractivity (Wildman–Crippen MR) is 59.3 cm³/mol. The summed E-state index contributed by atoms with van der Waals surface area (Å²) in [7, 11) is 1.98. The maximum absolute atomic E-state index is 10.6. The number of carbonyl (C=O) groups excluding carboxylic acids is 1. The molecule has 2 aromatic rings. The van der Waals surface area contributed by atoms with Crippen molar-refractivity contribution < 1.29 is 4.79 Å². The van der Waals surface area contributed by atoms with Crippen LogP contribution in [-0.4, -0.2) is 10.6 Å². The Morgan fingerprint density at radius 3 is 2.93 bits per heavy atom. The van der Waals surface area contributed by atoms with E-state index >= 15 is 0 Å². The molecule has 0 aliphatic heterocycles. The van der Waals surface area contributed by atoms with E-state index in [9.17, 15) is 4.79 Å². The topological polar surface area (TPSA) is 60.1 Å². The molecular formula is C11H13N3O. The number of nitrogens with two attached hydrogens (primary N) is 1. The van der Waals surface area contributed by atoms with Crippen molar-refractivity contribution >= 4 is 16.9 Å². The Morgan fingerprint density at radius 1 is 1.47 bits per heavy atom. The zero-order chi connectivity index (χ0) is 10.8. The summed E-state index contributed by atoms with van der Waals surface area (Å²) in [6.07, 6.45) is 2.00. The number of aryl methyl sites for hydroxylation is 1. The van der Waals surface area contributed by atoms with Crippen molar-refractivity contribution in [2.24, 2.45) is 12.8 Å². The van der Waals surface area contributed by atoms with Gasteiger partial charge >= 0.3 is 6.03 Å². The highest BCUT2D eigenvalue weighted by atomic mass is 16.2. The van der Waals surface area contributed by atoms with Gasteiger partial charge in [-0.05, 0) is 11.6 Å². The molecular weight excluding hydrogens is 190 g/mol. The summed E-state index contributed by atoms with van der Waals surface area (Å²) in [5, 5.41) is 3.74. The first-order valence-corrected chi connectivity index (χ1v) is 4.74. The lowest BCUT2D eigenvalue weighted by Gasteiger charge is -1.99. The van der Waals surface area contributed by atoms with E-state index in [4.69, 9.17) is 5.73 Å². The number of fused-ring (bicyclic) bond motifs is 1. The molecule has 1 aromatic heterocycles. The van der Waals surface area contributed by atoms with Gasteiger partial charge in [-0.15, -0.1) is 0 Å². The third kappa shape index (κ3) is 1.79. The van der Waals surface area contributed by atoms with Crippen LogP contribution in [0.15, 0.2) is 30.5 Å². The number of hydrogen-bond acceptors (Lipinski definition) is 1. The maximum atomic E-state index is 10.6. The molecule has 15 heavy (non-hydrogen) atoms. The van der Waals surface area contributed by atoms with Gasteiger partial charge < -0.3 is 15.6 Å². The van der Waals surface area contributed by atoms with Gasteiger partial charge in [-0.2, -0.15) is 0 Å². The van der Waals surface area contributed by atoms with Gasteiger partial charge in [0.1, 0.15) is 0 Å². The van der Waals surface area contributed by atoms with Crippen LogP contribution in [0.3, 0.4) is 0 Å². The number of amides is 2. The van der Waals surface area contributed by atoms with E-state index < -0.39 is 6.03 Å². The lowest BCUT2D eigenvalue weighted by molar-refractivity contribution is 0.248. The van der Waals surface area contributed by atoms with Gasteiger partial charge in [0.25, 0.3) is 0 Å².